The van der Waals surface area contributed by atoms with Gasteiger partial charge in [0.05, 0.1) is 4.08 Å². The molecule has 0 saturated carbocycles. The fourth-order valence-electron chi connectivity index (χ4n) is 1.66. The number of nitrogens with zero attached hydrogens (tertiary/aromatic N) is 1. The molecule has 0 atom stereocenters. The van der Waals surface area contributed by atoms with Crippen LogP contribution in [0.2, 0.25) is 0 Å². The number of thioether (sulfide) groups is 2. The van der Waals surface area contributed by atoms with Crippen molar-refractivity contribution in [1.82, 2.24) is 4.90 Å². The molecule has 0 bridgehead atoms. The largest absolute Gasteiger partial charge is 0.333 e. The Hall–Kier alpha value is 0.620. The highest BCUT2D eigenvalue weighted by atomic mass is 32.2. The highest BCUT2D eigenvalue weighted by molar-refractivity contribution is 8.21. The molecule has 1 spiro atoms. The van der Waals surface area contributed by atoms with Crippen LogP contribution >= 0.6 is 23.5 Å². The Kier molecular flexibility index (Phi) is 4.23. The molecule has 2 aliphatic heterocycles. The van der Waals surface area contributed by atoms with E-state index in [1.54, 1.807) is 0 Å². The summed E-state index contributed by atoms with van der Waals surface area (Å²) < 4.78 is 0.620. The molecule has 0 amide bonds. The summed E-state index contributed by atoms with van der Waals surface area (Å²) in [6, 6.07) is 0. The van der Waals surface area contributed by atoms with E-state index in [4.69, 9.17) is 0 Å². The second-order valence-corrected chi connectivity index (χ2v) is 6.31. The zero-order valence-electron chi connectivity index (χ0n) is 7.88. The summed E-state index contributed by atoms with van der Waals surface area (Å²) >= 11 is 4.35. The monoisotopic (exact) mass is 206 g/mol. The van der Waals surface area contributed by atoms with E-state index in [9.17, 15) is 0 Å². The fraction of sp³-hybridized carbons (Fsp3) is 1.00. The molecule has 0 aliphatic carbocycles. The zero-order chi connectivity index (χ0) is 9.03. The molecule has 0 unspecified atom stereocenters. The van der Waals surface area contributed by atoms with E-state index in [0.29, 0.717) is 4.08 Å². The minimum absolute atomic E-state index is 0.620. The van der Waals surface area contributed by atoms with E-state index >= 15 is 0 Å². The van der Waals surface area contributed by atoms with Gasteiger partial charge in [0.15, 0.2) is 0 Å². The van der Waals surface area contributed by atoms with Gasteiger partial charge in [-0.05, 0) is 20.5 Å². The Balaban J connectivity index is 0.000000336. The van der Waals surface area contributed by atoms with E-state index in [1.807, 2.05) is 0 Å². The summed E-state index contributed by atoms with van der Waals surface area (Å²) in [5.41, 5.74) is 4.50. The number of rotatable bonds is 0. The first-order valence-corrected chi connectivity index (χ1v) is 6.32. The average molecular weight is 206 g/mol. The van der Waals surface area contributed by atoms with Crippen LogP contribution < -0.4 is 5.73 Å². The van der Waals surface area contributed by atoms with Crippen LogP contribution in [-0.4, -0.2) is 47.7 Å². The molecular weight excluding hydrogens is 188 g/mol. The predicted octanol–water partition coefficient (Wildman–Crippen LogP) is 1.07. The summed E-state index contributed by atoms with van der Waals surface area (Å²) in [6.07, 6.45) is 1.40. The van der Waals surface area contributed by atoms with Crippen molar-refractivity contribution in [3.05, 3.63) is 0 Å². The van der Waals surface area contributed by atoms with Crippen molar-refractivity contribution in [3.63, 3.8) is 0 Å². The fourth-order valence-corrected chi connectivity index (χ4v) is 5.00. The topological polar surface area (TPSA) is 29.3 Å². The van der Waals surface area contributed by atoms with Gasteiger partial charge < -0.3 is 10.6 Å². The minimum atomic E-state index is 0.620. The summed E-state index contributed by atoms with van der Waals surface area (Å²) in [4.78, 5) is 2.45. The Morgan fingerprint density at radius 1 is 1.25 bits per heavy atom. The van der Waals surface area contributed by atoms with Crippen LogP contribution in [0, 0.1) is 0 Å². The lowest BCUT2D eigenvalue weighted by Gasteiger charge is -2.19. The van der Waals surface area contributed by atoms with E-state index in [-0.39, 0.29) is 0 Å². The highest BCUT2D eigenvalue weighted by Crippen LogP contribution is 2.49. The lowest BCUT2D eigenvalue weighted by Crippen LogP contribution is -2.22. The van der Waals surface area contributed by atoms with Gasteiger partial charge in [-0.2, -0.15) is 0 Å². The van der Waals surface area contributed by atoms with Gasteiger partial charge in [-0.15, -0.1) is 23.5 Å². The molecule has 2 aliphatic rings. The van der Waals surface area contributed by atoms with Crippen molar-refractivity contribution in [2.24, 2.45) is 5.73 Å². The van der Waals surface area contributed by atoms with Crippen molar-refractivity contribution in [3.8, 4) is 0 Å². The number of likely N-dealkylation sites (tertiary alicyclic amines) is 1. The van der Waals surface area contributed by atoms with Crippen LogP contribution in [0.3, 0.4) is 0 Å². The molecule has 2 fully saturated rings. The summed E-state index contributed by atoms with van der Waals surface area (Å²) in [7, 11) is 3.73. The summed E-state index contributed by atoms with van der Waals surface area (Å²) in [5, 5.41) is 0. The van der Waals surface area contributed by atoms with Crippen LogP contribution in [-0.2, 0) is 0 Å². The average Bonchev–Trinajstić information content (AvgIpc) is 2.68. The highest BCUT2D eigenvalue weighted by Gasteiger charge is 2.40. The number of hydrogen-bond acceptors (Lipinski definition) is 4. The number of nitrogens with two attached hydrogens (primary N) is 1. The van der Waals surface area contributed by atoms with Gasteiger partial charge in [0.2, 0.25) is 0 Å². The molecule has 2 rings (SSSR count). The van der Waals surface area contributed by atoms with Gasteiger partial charge >= 0.3 is 0 Å². The summed E-state index contributed by atoms with van der Waals surface area (Å²) in [5.74, 6) is 2.75. The van der Waals surface area contributed by atoms with Gasteiger partial charge in [0.1, 0.15) is 0 Å². The maximum Gasteiger partial charge on any atom is 0.0749 e. The third-order valence-electron chi connectivity index (χ3n) is 2.20. The van der Waals surface area contributed by atoms with Gasteiger partial charge in [0, 0.05) is 24.6 Å². The Bertz CT molecular complexity index is 135. The van der Waals surface area contributed by atoms with Gasteiger partial charge in [-0.25, -0.2) is 0 Å². The van der Waals surface area contributed by atoms with Crippen molar-refractivity contribution >= 4 is 23.5 Å². The lowest BCUT2D eigenvalue weighted by molar-refractivity contribution is 0.417. The van der Waals surface area contributed by atoms with Crippen LogP contribution in [0.15, 0.2) is 0 Å². The first kappa shape index (κ1) is 10.7. The zero-order valence-corrected chi connectivity index (χ0v) is 9.51. The normalized spacial score (nSPS) is 27.2. The summed E-state index contributed by atoms with van der Waals surface area (Å²) in [6.45, 7) is 2.61. The molecule has 0 aromatic heterocycles. The molecule has 0 radical (unpaired) electrons. The molecular formula is C8H18N2S2. The van der Waals surface area contributed by atoms with Crippen LogP contribution in [0.5, 0.6) is 0 Å². The standard InChI is InChI=1S/C7H13NS2.CH5N/c1-8-3-2-7(6-8)9-4-5-10-7;1-2/h2-6H2,1H3;2H2,1H3. The molecule has 72 valence electrons. The Morgan fingerprint density at radius 2 is 1.83 bits per heavy atom. The van der Waals surface area contributed by atoms with E-state index in [1.165, 1.54) is 38.1 Å². The molecule has 0 aromatic carbocycles. The third-order valence-corrected chi connectivity index (χ3v) is 5.70. The van der Waals surface area contributed by atoms with Crippen molar-refractivity contribution in [2.45, 2.75) is 10.5 Å². The molecule has 4 heteroatoms. The number of hydrogen-bond donors (Lipinski definition) is 1. The quantitative estimate of drug-likeness (QED) is 0.642. The Morgan fingerprint density at radius 3 is 2.25 bits per heavy atom. The molecule has 2 saturated heterocycles. The van der Waals surface area contributed by atoms with Gasteiger partial charge in [-0.1, -0.05) is 0 Å². The molecule has 2 N–H and O–H groups in total. The van der Waals surface area contributed by atoms with Gasteiger partial charge in [-0.3, -0.25) is 0 Å². The SMILES string of the molecule is CN.CN1CCC2(C1)SCCS2. The first-order chi connectivity index (χ1) is 5.81. The molecule has 2 nitrogen and oxygen atoms in total. The van der Waals surface area contributed by atoms with E-state index in [2.05, 4.69) is 41.2 Å². The third kappa shape index (κ3) is 2.31. The van der Waals surface area contributed by atoms with Crippen LogP contribution in [0.4, 0.5) is 0 Å². The Labute approximate surface area is 83.6 Å². The van der Waals surface area contributed by atoms with E-state index < -0.39 is 0 Å². The predicted molar refractivity (Wildman–Crippen MR) is 59.9 cm³/mol. The van der Waals surface area contributed by atoms with Crippen molar-refractivity contribution < 1.29 is 0 Å². The van der Waals surface area contributed by atoms with Gasteiger partial charge in [0.25, 0.3) is 0 Å². The van der Waals surface area contributed by atoms with Crippen LogP contribution in [0.25, 0.3) is 0 Å². The maximum absolute atomic E-state index is 4.50. The molecule has 12 heavy (non-hydrogen) atoms. The molecule has 0 aromatic rings. The van der Waals surface area contributed by atoms with Crippen molar-refractivity contribution in [1.29, 1.82) is 0 Å². The second kappa shape index (κ2) is 4.74. The van der Waals surface area contributed by atoms with Crippen LogP contribution in [0.1, 0.15) is 6.42 Å². The van der Waals surface area contributed by atoms with E-state index in [0.717, 1.165) is 0 Å². The smallest absolute Gasteiger partial charge is 0.0749 e. The second-order valence-electron chi connectivity index (χ2n) is 3.10. The minimum Gasteiger partial charge on any atom is -0.333 e. The first-order valence-electron chi connectivity index (χ1n) is 4.35. The lowest BCUT2D eigenvalue weighted by atomic mass is 10.4. The van der Waals surface area contributed by atoms with Crippen molar-refractivity contribution in [2.75, 3.05) is 38.7 Å². The molecule has 2 heterocycles. The maximum atomic E-state index is 4.50.